The van der Waals surface area contributed by atoms with E-state index in [9.17, 15) is 19.7 Å². The highest BCUT2D eigenvalue weighted by atomic mass is 79.9. The molecule has 9 nitrogen and oxygen atoms in total. The van der Waals surface area contributed by atoms with Gasteiger partial charge >= 0.3 is 5.97 Å². The van der Waals surface area contributed by atoms with Crippen LogP contribution < -0.4 is 10.2 Å². The van der Waals surface area contributed by atoms with Gasteiger partial charge in [0.15, 0.2) is 11.7 Å². The van der Waals surface area contributed by atoms with E-state index in [2.05, 4.69) is 40.1 Å². The van der Waals surface area contributed by atoms with Gasteiger partial charge < -0.3 is 9.64 Å². The van der Waals surface area contributed by atoms with Crippen LogP contribution in [0.2, 0.25) is 0 Å². The number of thiazole rings is 1. The van der Waals surface area contributed by atoms with Crippen molar-refractivity contribution in [1.29, 1.82) is 0 Å². The lowest BCUT2D eigenvalue weighted by Crippen LogP contribution is -2.39. The summed E-state index contributed by atoms with van der Waals surface area (Å²) in [7, 11) is 0. The molecule has 0 saturated carbocycles. The van der Waals surface area contributed by atoms with E-state index in [1.165, 1.54) is 29.7 Å². The number of benzene rings is 1. The second kappa shape index (κ2) is 9.52. The van der Waals surface area contributed by atoms with Crippen molar-refractivity contribution in [2.45, 2.75) is 20.3 Å². The Kier molecular flexibility index (Phi) is 7.03. The molecule has 1 aromatic heterocycles. The number of anilines is 2. The summed E-state index contributed by atoms with van der Waals surface area (Å²) in [6, 6.07) is 4.27. The van der Waals surface area contributed by atoms with Gasteiger partial charge in [0.1, 0.15) is 5.69 Å². The number of nitro groups is 1. The van der Waals surface area contributed by atoms with E-state index in [1.807, 2.05) is 4.90 Å². The van der Waals surface area contributed by atoms with Crippen LogP contribution in [0.4, 0.5) is 16.5 Å². The monoisotopic (exact) mass is 496 g/mol. The van der Waals surface area contributed by atoms with Crippen molar-refractivity contribution in [3.8, 4) is 0 Å². The molecule has 1 amide bonds. The molecule has 2 heterocycles. The summed E-state index contributed by atoms with van der Waals surface area (Å²) in [5.41, 5.74) is 0.359. The maximum Gasteiger partial charge on any atom is 0.338 e. The standard InChI is InChI=1S/C19H21BrN4O5S/c1-11-5-12(2)9-23(8-11)14-4-3-13(6-15(14)24(27)28)18(26)29-10-17(25)22-19-21-7-16(20)30-19/h3-4,6-7,11-12H,5,8-10H2,1-2H3,(H,21,22,25). The average molecular weight is 497 g/mol. The van der Waals surface area contributed by atoms with Crippen LogP contribution in [0, 0.1) is 22.0 Å². The van der Waals surface area contributed by atoms with Gasteiger partial charge in [-0.05, 0) is 46.3 Å². The Bertz CT molecular complexity index is 956. The highest BCUT2D eigenvalue weighted by molar-refractivity contribution is 9.11. The van der Waals surface area contributed by atoms with Crippen LogP contribution in [0.5, 0.6) is 0 Å². The van der Waals surface area contributed by atoms with Crippen molar-refractivity contribution >= 4 is 55.6 Å². The quantitative estimate of drug-likeness (QED) is 0.363. The van der Waals surface area contributed by atoms with Crippen LogP contribution in [0.25, 0.3) is 0 Å². The SMILES string of the molecule is CC1CC(C)CN(c2ccc(C(=O)OCC(=O)Nc3ncc(Br)s3)cc2[N+](=O)[O-])C1. The van der Waals surface area contributed by atoms with Crippen LogP contribution in [0.15, 0.2) is 28.2 Å². The van der Waals surface area contributed by atoms with E-state index in [1.54, 1.807) is 6.07 Å². The third-order valence-electron chi connectivity index (χ3n) is 4.68. The van der Waals surface area contributed by atoms with E-state index in [0.717, 1.165) is 23.3 Å². The molecule has 3 rings (SSSR count). The zero-order chi connectivity index (χ0) is 21.8. The van der Waals surface area contributed by atoms with Gasteiger partial charge in [-0.2, -0.15) is 0 Å². The zero-order valence-corrected chi connectivity index (χ0v) is 18.9. The van der Waals surface area contributed by atoms with Gasteiger partial charge in [-0.1, -0.05) is 25.2 Å². The number of piperidine rings is 1. The first-order valence-electron chi connectivity index (χ1n) is 9.34. The molecule has 0 spiro atoms. The first-order chi connectivity index (χ1) is 14.2. The minimum absolute atomic E-state index is 0.0216. The fourth-order valence-electron chi connectivity index (χ4n) is 3.61. The summed E-state index contributed by atoms with van der Waals surface area (Å²) in [6.07, 6.45) is 2.62. The summed E-state index contributed by atoms with van der Waals surface area (Å²) in [4.78, 5) is 41.3. The van der Waals surface area contributed by atoms with E-state index in [0.29, 0.717) is 22.7 Å². The van der Waals surface area contributed by atoms with E-state index in [-0.39, 0.29) is 11.3 Å². The van der Waals surface area contributed by atoms with Crippen molar-refractivity contribution in [3.63, 3.8) is 0 Å². The molecule has 1 fully saturated rings. The molecule has 0 aliphatic carbocycles. The Balaban J connectivity index is 1.68. The number of halogens is 1. The number of nitrogens with one attached hydrogen (secondary N) is 1. The molecule has 11 heteroatoms. The molecule has 1 saturated heterocycles. The Morgan fingerprint density at radius 1 is 1.37 bits per heavy atom. The Hall–Kier alpha value is -2.53. The summed E-state index contributed by atoms with van der Waals surface area (Å²) in [5, 5.41) is 14.5. The number of nitrogens with zero attached hydrogens (tertiary/aromatic N) is 3. The molecule has 30 heavy (non-hydrogen) atoms. The van der Waals surface area contributed by atoms with E-state index in [4.69, 9.17) is 4.74 Å². The van der Waals surface area contributed by atoms with Gasteiger partial charge in [0, 0.05) is 19.2 Å². The maximum absolute atomic E-state index is 12.3. The third kappa shape index (κ3) is 5.54. The van der Waals surface area contributed by atoms with Gasteiger partial charge in [0.2, 0.25) is 0 Å². The summed E-state index contributed by atoms with van der Waals surface area (Å²) in [5.74, 6) is -0.502. The Labute approximate surface area is 185 Å². The average Bonchev–Trinajstić information content (AvgIpc) is 3.09. The molecule has 0 radical (unpaired) electrons. The summed E-state index contributed by atoms with van der Waals surface area (Å²) < 4.78 is 5.75. The van der Waals surface area contributed by atoms with E-state index < -0.39 is 23.4 Å². The highest BCUT2D eigenvalue weighted by Gasteiger charge is 2.28. The largest absolute Gasteiger partial charge is 0.452 e. The van der Waals surface area contributed by atoms with Gasteiger partial charge in [-0.25, -0.2) is 9.78 Å². The number of ether oxygens (including phenoxy) is 1. The van der Waals surface area contributed by atoms with Crippen molar-refractivity contribution in [2.75, 3.05) is 29.9 Å². The number of amides is 1. The topological polar surface area (TPSA) is 115 Å². The molecule has 1 N–H and O–H groups in total. The molecular weight excluding hydrogens is 476 g/mol. The first kappa shape index (κ1) is 22.2. The van der Waals surface area contributed by atoms with Gasteiger partial charge in [0.05, 0.1) is 20.5 Å². The third-order valence-corrected chi connectivity index (χ3v) is 6.07. The van der Waals surface area contributed by atoms with Crippen LogP contribution >= 0.6 is 27.3 Å². The number of hydrogen-bond donors (Lipinski definition) is 1. The van der Waals surface area contributed by atoms with Gasteiger partial charge in [-0.15, -0.1) is 0 Å². The summed E-state index contributed by atoms with van der Waals surface area (Å²) in [6.45, 7) is 5.17. The minimum atomic E-state index is -0.805. The van der Waals surface area contributed by atoms with E-state index >= 15 is 0 Å². The summed E-state index contributed by atoms with van der Waals surface area (Å²) >= 11 is 4.46. The zero-order valence-electron chi connectivity index (χ0n) is 16.5. The number of esters is 1. The molecule has 2 aromatic rings. The number of carbonyl (C=O) groups is 2. The van der Waals surface area contributed by atoms with Gasteiger partial charge in [-0.3, -0.25) is 20.2 Å². The number of hydrogen-bond acceptors (Lipinski definition) is 8. The smallest absolute Gasteiger partial charge is 0.338 e. The molecule has 0 bridgehead atoms. The van der Waals surface area contributed by atoms with Crippen molar-refractivity contribution in [3.05, 3.63) is 43.9 Å². The lowest BCUT2D eigenvalue weighted by atomic mass is 9.91. The molecule has 1 aliphatic rings. The van der Waals surface area contributed by atoms with Crippen molar-refractivity contribution < 1.29 is 19.2 Å². The van der Waals surface area contributed by atoms with Crippen LogP contribution in [-0.2, 0) is 9.53 Å². The molecule has 2 atom stereocenters. The minimum Gasteiger partial charge on any atom is -0.452 e. The fraction of sp³-hybridized carbons (Fsp3) is 0.421. The van der Waals surface area contributed by atoms with Crippen molar-refractivity contribution in [1.82, 2.24) is 4.98 Å². The number of aromatic nitrogens is 1. The highest BCUT2D eigenvalue weighted by Crippen LogP contribution is 2.34. The van der Waals surface area contributed by atoms with Crippen LogP contribution in [0.3, 0.4) is 0 Å². The molecular formula is C19H21BrN4O5S. The van der Waals surface area contributed by atoms with Crippen LogP contribution in [-0.4, -0.2) is 41.5 Å². The Morgan fingerprint density at radius 3 is 2.67 bits per heavy atom. The van der Waals surface area contributed by atoms with Crippen molar-refractivity contribution in [2.24, 2.45) is 11.8 Å². The normalized spacial score (nSPS) is 18.7. The van der Waals surface area contributed by atoms with Gasteiger partial charge in [0.25, 0.3) is 11.6 Å². The lowest BCUT2D eigenvalue weighted by molar-refractivity contribution is -0.384. The predicted molar refractivity (Wildman–Crippen MR) is 117 cm³/mol. The number of rotatable bonds is 6. The number of nitro benzene ring substituents is 1. The molecule has 1 aliphatic heterocycles. The Morgan fingerprint density at radius 2 is 2.07 bits per heavy atom. The molecule has 1 aromatic carbocycles. The molecule has 2 unspecified atom stereocenters. The maximum atomic E-state index is 12.3. The second-order valence-electron chi connectivity index (χ2n) is 7.41. The fourth-order valence-corrected chi connectivity index (χ4v) is 4.73. The first-order valence-corrected chi connectivity index (χ1v) is 11.0. The molecule has 160 valence electrons. The number of carbonyl (C=O) groups excluding carboxylic acids is 2. The second-order valence-corrected chi connectivity index (χ2v) is 9.82. The lowest BCUT2D eigenvalue weighted by Gasteiger charge is -2.36. The van der Waals surface area contributed by atoms with Crippen LogP contribution in [0.1, 0.15) is 30.6 Å². The predicted octanol–water partition coefficient (Wildman–Crippen LogP) is 4.09.